The molecule has 76 valence electrons. The molecular formula is C8H7F3N2O. The van der Waals surface area contributed by atoms with Gasteiger partial charge in [-0.1, -0.05) is 0 Å². The van der Waals surface area contributed by atoms with Crippen LogP contribution in [0.25, 0.3) is 0 Å². The minimum absolute atomic E-state index is 0.0227. The van der Waals surface area contributed by atoms with Gasteiger partial charge in [-0.05, 0) is 6.08 Å². The van der Waals surface area contributed by atoms with Crippen LogP contribution in [-0.2, 0) is 7.05 Å². The summed E-state index contributed by atoms with van der Waals surface area (Å²) in [4.78, 5) is 14.7. The average molecular weight is 204 g/mol. The van der Waals surface area contributed by atoms with Crippen LogP contribution in [0.15, 0.2) is 24.5 Å². The molecule has 0 radical (unpaired) electrons. The summed E-state index contributed by atoms with van der Waals surface area (Å²) >= 11 is 0. The monoisotopic (exact) mass is 204 g/mol. The van der Waals surface area contributed by atoms with Crippen LogP contribution in [-0.4, -0.2) is 21.5 Å². The number of allylic oxidation sites excluding steroid dienone is 2. The van der Waals surface area contributed by atoms with Crippen LogP contribution < -0.4 is 0 Å². The zero-order valence-electron chi connectivity index (χ0n) is 7.25. The van der Waals surface area contributed by atoms with Crippen LogP contribution in [0.1, 0.15) is 10.6 Å². The van der Waals surface area contributed by atoms with Crippen molar-refractivity contribution >= 4 is 5.78 Å². The Balaban J connectivity index is 2.79. The van der Waals surface area contributed by atoms with Gasteiger partial charge >= 0.3 is 6.18 Å². The van der Waals surface area contributed by atoms with Gasteiger partial charge in [0.05, 0.1) is 0 Å². The number of rotatable bonds is 2. The highest BCUT2D eigenvalue weighted by Gasteiger charge is 2.23. The number of halogens is 3. The topological polar surface area (TPSA) is 34.9 Å². The molecule has 0 amide bonds. The van der Waals surface area contributed by atoms with Gasteiger partial charge in [0.1, 0.15) is 0 Å². The minimum Gasteiger partial charge on any atom is -0.331 e. The lowest BCUT2D eigenvalue weighted by molar-refractivity contribution is -0.0799. The highest BCUT2D eigenvalue weighted by Crippen LogP contribution is 2.16. The largest absolute Gasteiger partial charge is 0.409 e. The summed E-state index contributed by atoms with van der Waals surface area (Å²) in [6, 6.07) is 0. The van der Waals surface area contributed by atoms with Gasteiger partial charge in [-0.3, -0.25) is 4.79 Å². The van der Waals surface area contributed by atoms with E-state index < -0.39 is 12.0 Å². The molecule has 1 aromatic heterocycles. The van der Waals surface area contributed by atoms with Gasteiger partial charge < -0.3 is 4.57 Å². The Morgan fingerprint density at radius 1 is 1.57 bits per heavy atom. The van der Waals surface area contributed by atoms with Crippen molar-refractivity contribution in [1.29, 1.82) is 0 Å². The molecule has 0 aromatic carbocycles. The number of imidazole rings is 1. The van der Waals surface area contributed by atoms with Crippen molar-refractivity contribution < 1.29 is 18.0 Å². The predicted octanol–water partition coefficient (Wildman–Crippen LogP) is 1.72. The Morgan fingerprint density at radius 3 is 2.64 bits per heavy atom. The number of ketones is 1. The molecule has 0 spiro atoms. The molecular weight excluding hydrogens is 197 g/mol. The molecule has 0 atom stereocenters. The second-order valence-corrected chi connectivity index (χ2v) is 2.60. The number of alkyl halides is 3. The molecule has 1 heterocycles. The fourth-order valence-electron chi connectivity index (χ4n) is 0.848. The lowest BCUT2D eigenvalue weighted by Crippen LogP contribution is -2.07. The summed E-state index contributed by atoms with van der Waals surface area (Å²) in [5.74, 6) is -0.791. The Hall–Kier alpha value is -1.59. The molecule has 0 fully saturated rings. The quantitative estimate of drug-likeness (QED) is 0.543. The van der Waals surface area contributed by atoms with Crippen LogP contribution in [0.5, 0.6) is 0 Å². The van der Waals surface area contributed by atoms with Crippen molar-refractivity contribution in [3.63, 3.8) is 0 Å². The number of hydrogen-bond donors (Lipinski definition) is 0. The lowest BCUT2D eigenvalue weighted by Gasteiger charge is -1.98. The van der Waals surface area contributed by atoms with Crippen molar-refractivity contribution in [1.82, 2.24) is 9.55 Å². The summed E-state index contributed by atoms with van der Waals surface area (Å²) in [5, 5.41) is 0. The Morgan fingerprint density at radius 2 is 2.21 bits per heavy atom. The molecule has 6 heteroatoms. The first-order chi connectivity index (χ1) is 6.40. The molecule has 14 heavy (non-hydrogen) atoms. The van der Waals surface area contributed by atoms with E-state index in [-0.39, 0.29) is 11.9 Å². The standard InChI is InChI=1S/C8H7F3N2O/c1-13-5-4-12-7(13)6(14)2-3-8(9,10)11/h2-5H,1H3/b3-2+. The summed E-state index contributed by atoms with van der Waals surface area (Å²) in [6.07, 6.45) is -1.30. The number of carbonyl (C=O) groups excluding carboxylic acids is 1. The van der Waals surface area contributed by atoms with Gasteiger partial charge in [0, 0.05) is 25.5 Å². The van der Waals surface area contributed by atoms with E-state index in [2.05, 4.69) is 4.98 Å². The summed E-state index contributed by atoms with van der Waals surface area (Å²) in [5.41, 5.74) is 0. The Kier molecular flexibility index (Phi) is 2.73. The molecule has 0 N–H and O–H groups in total. The van der Waals surface area contributed by atoms with Crippen LogP contribution in [0.3, 0.4) is 0 Å². The Labute approximate surface area is 77.9 Å². The Bertz CT molecular complexity index is 365. The number of carbonyl (C=O) groups is 1. The van der Waals surface area contributed by atoms with E-state index in [9.17, 15) is 18.0 Å². The number of aromatic nitrogens is 2. The van der Waals surface area contributed by atoms with Gasteiger partial charge in [0.25, 0.3) is 0 Å². The number of nitrogens with zero attached hydrogens (tertiary/aromatic N) is 2. The van der Waals surface area contributed by atoms with E-state index in [1.807, 2.05) is 0 Å². The molecule has 1 aromatic rings. The zero-order chi connectivity index (χ0) is 10.8. The SMILES string of the molecule is Cn1ccnc1C(=O)/C=C/C(F)(F)F. The first-order valence-electron chi connectivity index (χ1n) is 3.68. The first kappa shape index (κ1) is 10.5. The number of aryl methyl sites for hydroxylation is 1. The smallest absolute Gasteiger partial charge is 0.331 e. The molecule has 0 unspecified atom stereocenters. The maximum atomic E-state index is 11.7. The second-order valence-electron chi connectivity index (χ2n) is 2.60. The van der Waals surface area contributed by atoms with E-state index in [1.54, 1.807) is 0 Å². The van der Waals surface area contributed by atoms with Crippen LogP contribution in [0, 0.1) is 0 Å². The third-order valence-electron chi connectivity index (χ3n) is 1.47. The van der Waals surface area contributed by atoms with Crippen molar-refractivity contribution in [2.45, 2.75) is 6.18 Å². The fourth-order valence-corrected chi connectivity index (χ4v) is 0.848. The highest BCUT2D eigenvalue weighted by molar-refractivity contribution is 6.01. The number of hydrogen-bond acceptors (Lipinski definition) is 2. The maximum absolute atomic E-state index is 11.7. The summed E-state index contributed by atoms with van der Waals surface area (Å²) < 4.78 is 36.4. The van der Waals surface area contributed by atoms with Crippen LogP contribution in [0.4, 0.5) is 13.2 Å². The van der Waals surface area contributed by atoms with Crippen molar-refractivity contribution in [3.8, 4) is 0 Å². The van der Waals surface area contributed by atoms with Crippen LogP contribution in [0.2, 0.25) is 0 Å². The van der Waals surface area contributed by atoms with E-state index >= 15 is 0 Å². The fraction of sp³-hybridized carbons (Fsp3) is 0.250. The van der Waals surface area contributed by atoms with E-state index in [4.69, 9.17) is 0 Å². The molecule has 1 rings (SSSR count). The average Bonchev–Trinajstić information content (AvgIpc) is 2.46. The van der Waals surface area contributed by atoms with Crippen molar-refractivity contribution in [2.24, 2.45) is 7.05 Å². The van der Waals surface area contributed by atoms with E-state index in [1.165, 1.54) is 24.0 Å². The van der Waals surface area contributed by atoms with Gasteiger partial charge in [-0.2, -0.15) is 13.2 Å². The van der Waals surface area contributed by atoms with Crippen LogP contribution >= 0.6 is 0 Å². The molecule has 0 bridgehead atoms. The third kappa shape index (κ3) is 2.72. The van der Waals surface area contributed by atoms with E-state index in [0.29, 0.717) is 6.08 Å². The summed E-state index contributed by atoms with van der Waals surface area (Å²) in [6.45, 7) is 0. The zero-order valence-corrected chi connectivity index (χ0v) is 7.25. The van der Waals surface area contributed by atoms with Gasteiger partial charge in [-0.25, -0.2) is 4.98 Å². The molecule has 0 saturated heterocycles. The predicted molar refractivity (Wildman–Crippen MR) is 42.7 cm³/mol. The normalized spacial score (nSPS) is 12.3. The lowest BCUT2D eigenvalue weighted by atomic mass is 10.3. The summed E-state index contributed by atoms with van der Waals surface area (Å²) in [7, 11) is 1.53. The van der Waals surface area contributed by atoms with Crippen molar-refractivity contribution in [2.75, 3.05) is 0 Å². The molecule has 0 aliphatic heterocycles. The molecule has 0 aliphatic rings. The molecule has 0 aliphatic carbocycles. The minimum atomic E-state index is -4.47. The van der Waals surface area contributed by atoms with E-state index in [0.717, 1.165) is 0 Å². The third-order valence-corrected chi connectivity index (χ3v) is 1.47. The van der Waals surface area contributed by atoms with Gasteiger partial charge in [0.15, 0.2) is 5.82 Å². The molecule has 3 nitrogen and oxygen atoms in total. The highest BCUT2D eigenvalue weighted by atomic mass is 19.4. The maximum Gasteiger partial charge on any atom is 0.409 e. The first-order valence-corrected chi connectivity index (χ1v) is 3.68. The van der Waals surface area contributed by atoms with Gasteiger partial charge in [-0.15, -0.1) is 0 Å². The second kappa shape index (κ2) is 3.65. The van der Waals surface area contributed by atoms with Crippen molar-refractivity contribution in [3.05, 3.63) is 30.4 Å². The van der Waals surface area contributed by atoms with Gasteiger partial charge in [0.2, 0.25) is 5.78 Å². The molecule has 0 saturated carbocycles.